The van der Waals surface area contributed by atoms with Crippen LogP contribution in [-0.2, 0) is 6.42 Å². The lowest BCUT2D eigenvalue weighted by Crippen LogP contribution is -2.42. The molecule has 0 aliphatic carbocycles. The van der Waals surface area contributed by atoms with Gasteiger partial charge in [-0.25, -0.2) is 0 Å². The summed E-state index contributed by atoms with van der Waals surface area (Å²) in [5, 5.41) is 3.61. The van der Waals surface area contributed by atoms with Gasteiger partial charge in [-0.3, -0.25) is 0 Å². The minimum Gasteiger partial charge on any atom is -0.369 e. The van der Waals surface area contributed by atoms with Gasteiger partial charge in [-0.15, -0.1) is 0 Å². The van der Waals surface area contributed by atoms with Gasteiger partial charge in [0, 0.05) is 24.8 Å². The molecule has 2 atom stereocenters. The lowest BCUT2D eigenvalue weighted by Gasteiger charge is -2.36. The highest BCUT2D eigenvalue weighted by atomic mass is 15.2. The van der Waals surface area contributed by atoms with Crippen molar-refractivity contribution in [3.05, 3.63) is 29.8 Å². The molecule has 0 spiro atoms. The van der Waals surface area contributed by atoms with Gasteiger partial charge >= 0.3 is 0 Å². The first kappa shape index (κ1) is 11.1. The standard InChI is InChI=1S/C15H22N2/c1-12-9-13-5-2-3-7-15(13)17(10-12)11-14-6-4-8-16-14/h2-3,5,7,12,14,16H,4,6,8-11H2,1H3/t12?,14-/m1/s1. The van der Waals surface area contributed by atoms with Crippen molar-refractivity contribution in [2.45, 2.75) is 32.2 Å². The third kappa shape index (κ3) is 2.32. The van der Waals surface area contributed by atoms with Crippen molar-refractivity contribution >= 4 is 5.69 Å². The van der Waals surface area contributed by atoms with Crippen LogP contribution in [0.1, 0.15) is 25.3 Å². The molecule has 1 saturated heterocycles. The van der Waals surface area contributed by atoms with Gasteiger partial charge in [0.2, 0.25) is 0 Å². The summed E-state index contributed by atoms with van der Waals surface area (Å²) in [6, 6.07) is 9.62. The topological polar surface area (TPSA) is 15.3 Å². The Balaban J connectivity index is 1.79. The number of nitrogens with one attached hydrogen (secondary N) is 1. The molecule has 1 fully saturated rings. The monoisotopic (exact) mass is 230 g/mol. The molecular weight excluding hydrogens is 208 g/mol. The summed E-state index contributed by atoms with van der Waals surface area (Å²) in [5.41, 5.74) is 3.00. The summed E-state index contributed by atoms with van der Waals surface area (Å²) in [4.78, 5) is 2.59. The van der Waals surface area contributed by atoms with Crippen molar-refractivity contribution in [1.82, 2.24) is 5.32 Å². The van der Waals surface area contributed by atoms with E-state index in [4.69, 9.17) is 0 Å². The first-order valence-electron chi connectivity index (χ1n) is 6.89. The van der Waals surface area contributed by atoms with Gasteiger partial charge in [0.1, 0.15) is 0 Å². The second-order valence-corrected chi connectivity index (χ2v) is 5.64. The van der Waals surface area contributed by atoms with Crippen LogP contribution in [0.25, 0.3) is 0 Å². The number of benzene rings is 1. The maximum Gasteiger partial charge on any atom is 0.0399 e. The largest absolute Gasteiger partial charge is 0.369 e. The molecule has 3 rings (SSSR count). The summed E-state index contributed by atoms with van der Waals surface area (Å²) in [5.74, 6) is 0.784. The molecule has 1 N–H and O–H groups in total. The zero-order chi connectivity index (χ0) is 11.7. The maximum absolute atomic E-state index is 3.61. The number of hydrogen-bond acceptors (Lipinski definition) is 2. The number of fused-ring (bicyclic) bond motifs is 1. The predicted octanol–water partition coefficient (Wildman–Crippen LogP) is 2.44. The summed E-state index contributed by atoms with van der Waals surface area (Å²) in [6.07, 6.45) is 3.92. The van der Waals surface area contributed by atoms with E-state index in [1.807, 2.05) is 0 Å². The van der Waals surface area contributed by atoms with E-state index in [0.29, 0.717) is 6.04 Å². The van der Waals surface area contributed by atoms with Crippen LogP contribution in [0.2, 0.25) is 0 Å². The highest BCUT2D eigenvalue weighted by Gasteiger charge is 2.24. The number of hydrogen-bond donors (Lipinski definition) is 1. The Hall–Kier alpha value is -1.02. The zero-order valence-corrected chi connectivity index (χ0v) is 10.7. The van der Waals surface area contributed by atoms with Gasteiger partial charge in [0.25, 0.3) is 0 Å². The van der Waals surface area contributed by atoms with E-state index in [0.717, 1.165) is 5.92 Å². The predicted molar refractivity (Wildman–Crippen MR) is 72.5 cm³/mol. The molecule has 0 amide bonds. The SMILES string of the molecule is CC1Cc2ccccc2N(C[C@H]2CCCN2)C1. The fourth-order valence-electron chi connectivity index (χ4n) is 3.26. The third-order valence-electron chi connectivity index (χ3n) is 4.04. The van der Waals surface area contributed by atoms with Crippen LogP contribution in [0.15, 0.2) is 24.3 Å². The number of nitrogens with zero attached hydrogens (tertiary/aromatic N) is 1. The molecule has 0 saturated carbocycles. The Labute approximate surface area is 104 Å². The summed E-state index contributed by atoms with van der Waals surface area (Å²) in [7, 11) is 0. The second kappa shape index (κ2) is 4.69. The van der Waals surface area contributed by atoms with Crippen LogP contribution >= 0.6 is 0 Å². The van der Waals surface area contributed by atoms with Gasteiger partial charge in [-0.1, -0.05) is 25.1 Å². The fraction of sp³-hybridized carbons (Fsp3) is 0.600. The van der Waals surface area contributed by atoms with Gasteiger partial charge in [0.15, 0.2) is 0 Å². The molecule has 2 heteroatoms. The van der Waals surface area contributed by atoms with Crippen molar-refractivity contribution in [3.8, 4) is 0 Å². The lowest BCUT2D eigenvalue weighted by molar-refractivity contribution is 0.497. The lowest BCUT2D eigenvalue weighted by atomic mass is 9.93. The molecule has 2 heterocycles. The van der Waals surface area contributed by atoms with Crippen LogP contribution < -0.4 is 10.2 Å². The van der Waals surface area contributed by atoms with E-state index in [1.54, 1.807) is 0 Å². The van der Waals surface area contributed by atoms with Crippen molar-refractivity contribution in [2.75, 3.05) is 24.5 Å². The van der Waals surface area contributed by atoms with Gasteiger partial charge in [-0.2, -0.15) is 0 Å². The van der Waals surface area contributed by atoms with E-state index in [1.165, 1.54) is 50.1 Å². The number of rotatable bonds is 2. The van der Waals surface area contributed by atoms with E-state index >= 15 is 0 Å². The van der Waals surface area contributed by atoms with Crippen molar-refractivity contribution in [2.24, 2.45) is 5.92 Å². The molecule has 1 unspecified atom stereocenters. The molecular formula is C15H22N2. The van der Waals surface area contributed by atoms with Gasteiger partial charge in [-0.05, 0) is 43.4 Å². The maximum atomic E-state index is 3.61. The van der Waals surface area contributed by atoms with E-state index in [9.17, 15) is 0 Å². The zero-order valence-electron chi connectivity index (χ0n) is 10.7. The molecule has 1 aromatic carbocycles. The average molecular weight is 230 g/mol. The quantitative estimate of drug-likeness (QED) is 0.839. The Morgan fingerprint density at radius 2 is 2.24 bits per heavy atom. The van der Waals surface area contributed by atoms with Crippen LogP contribution in [-0.4, -0.2) is 25.7 Å². The molecule has 0 radical (unpaired) electrons. The van der Waals surface area contributed by atoms with Gasteiger partial charge in [0.05, 0.1) is 0 Å². The normalized spacial score (nSPS) is 28.2. The summed E-state index contributed by atoms with van der Waals surface area (Å²) < 4.78 is 0. The fourth-order valence-corrected chi connectivity index (χ4v) is 3.26. The molecule has 1 aromatic rings. The summed E-state index contributed by atoms with van der Waals surface area (Å²) in [6.45, 7) is 5.97. The van der Waals surface area contributed by atoms with E-state index in [-0.39, 0.29) is 0 Å². The minimum atomic E-state index is 0.702. The van der Waals surface area contributed by atoms with Crippen LogP contribution in [0.5, 0.6) is 0 Å². The van der Waals surface area contributed by atoms with Crippen LogP contribution in [0.4, 0.5) is 5.69 Å². The summed E-state index contributed by atoms with van der Waals surface area (Å²) >= 11 is 0. The van der Waals surface area contributed by atoms with Crippen molar-refractivity contribution < 1.29 is 0 Å². The number of anilines is 1. The molecule has 0 aromatic heterocycles. The Kier molecular flexibility index (Phi) is 3.06. The van der Waals surface area contributed by atoms with Crippen LogP contribution in [0, 0.1) is 5.92 Å². The third-order valence-corrected chi connectivity index (χ3v) is 4.04. The second-order valence-electron chi connectivity index (χ2n) is 5.64. The highest BCUT2D eigenvalue weighted by molar-refractivity contribution is 5.55. The van der Waals surface area contributed by atoms with E-state index in [2.05, 4.69) is 41.4 Å². The first-order chi connectivity index (χ1) is 8.33. The highest BCUT2D eigenvalue weighted by Crippen LogP contribution is 2.29. The van der Waals surface area contributed by atoms with Gasteiger partial charge < -0.3 is 10.2 Å². The molecule has 2 nitrogen and oxygen atoms in total. The molecule has 17 heavy (non-hydrogen) atoms. The van der Waals surface area contributed by atoms with Crippen LogP contribution in [0.3, 0.4) is 0 Å². The Morgan fingerprint density at radius 1 is 1.35 bits per heavy atom. The smallest absolute Gasteiger partial charge is 0.0399 e. The molecule has 2 aliphatic heterocycles. The van der Waals surface area contributed by atoms with Crippen molar-refractivity contribution in [1.29, 1.82) is 0 Å². The van der Waals surface area contributed by atoms with E-state index < -0.39 is 0 Å². The molecule has 2 aliphatic rings. The number of para-hydroxylation sites is 1. The first-order valence-corrected chi connectivity index (χ1v) is 6.89. The average Bonchev–Trinajstić information content (AvgIpc) is 2.81. The minimum absolute atomic E-state index is 0.702. The molecule has 92 valence electrons. The Morgan fingerprint density at radius 3 is 3.06 bits per heavy atom. The molecule has 0 bridgehead atoms. The van der Waals surface area contributed by atoms with Crippen molar-refractivity contribution in [3.63, 3.8) is 0 Å². The Bertz CT molecular complexity index is 382.